The molecule has 1 saturated carbocycles. The van der Waals surface area contributed by atoms with Crippen molar-refractivity contribution in [2.75, 3.05) is 0 Å². The minimum absolute atomic E-state index is 0.260. The van der Waals surface area contributed by atoms with E-state index in [0.29, 0.717) is 11.8 Å². The molecule has 0 saturated heterocycles. The summed E-state index contributed by atoms with van der Waals surface area (Å²) in [7, 11) is 0. The minimum atomic E-state index is 0.260. The lowest BCUT2D eigenvalue weighted by Crippen LogP contribution is -2.32. The summed E-state index contributed by atoms with van der Waals surface area (Å²) in [6.07, 6.45) is 3.19. The van der Waals surface area contributed by atoms with E-state index in [9.17, 15) is 0 Å². The number of benzene rings is 1. The van der Waals surface area contributed by atoms with Gasteiger partial charge in [-0.25, -0.2) is 0 Å². The van der Waals surface area contributed by atoms with Gasteiger partial charge in [0.1, 0.15) is 11.6 Å². The summed E-state index contributed by atoms with van der Waals surface area (Å²) in [6.45, 7) is 0.885. The van der Waals surface area contributed by atoms with Crippen molar-refractivity contribution in [2.24, 2.45) is 5.73 Å². The molecule has 1 aliphatic heterocycles. The monoisotopic (exact) mass is 254 g/mol. The Morgan fingerprint density at radius 1 is 1.11 bits per heavy atom. The van der Waals surface area contributed by atoms with Crippen LogP contribution in [0.3, 0.4) is 0 Å². The first-order valence-corrected chi connectivity index (χ1v) is 7.05. The molecule has 98 valence electrons. The van der Waals surface area contributed by atoms with Crippen LogP contribution in [0, 0.1) is 0 Å². The molecule has 1 aliphatic carbocycles. The van der Waals surface area contributed by atoms with Crippen LogP contribution in [0.5, 0.6) is 0 Å². The van der Waals surface area contributed by atoms with E-state index in [4.69, 9.17) is 5.73 Å². The smallest absolute Gasteiger partial charge is 0.136 e. The van der Waals surface area contributed by atoms with E-state index in [0.717, 1.165) is 31.0 Å². The first-order valence-electron chi connectivity index (χ1n) is 7.05. The van der Waals surface area contributed by atoms with Crippen LogP contribution in [0.1, 0.15) is 41.9 Å². The second-order valence-electron chi connectivity index (χ2n) is 5.74. The first-order chi connectivity index (χ1) is 9.33. The van der Waals surface area contributed by atoms with Gasteiger partial charge >= 0.3 is 0 Å². The molecule has 2 aliphatic rings. The van der Waals surface area contributed by atoms with Crippen molar-refractivity contribution in [3.8, 4) is 0 Å². The van der Waals surface area contributed by atoms with Gasteiger partial charge in [0, 0.05) is 24.9 Å². The van der Waals surface area contributed by atoms with Gasteiger partial charge < -0.3 is 10.3 Å². The summed E-state index contributed by atoms with van der Waals surface area (Å²) in [5.74, 6) is 3.43. The van der Waals surface area contributed by atoms with E-state index >= 15 is 0 Å². The topological polar surface area (TPSA) is 56.7 Å². The molecule has 0 radical (unpaired) electrons. The molecule has 4 rings (SSSR count). The highest BCUT2D eigenvalue weighted by Gasteiger charge is 2.43. The Morgan fingerprint density at radius 3 is 2.79 bits per heavy atom. The van der Waals surface area contributed by atoms with Crippen molar-refractivity contribution < 1.29 is 0 Å². The van der Waals surface area contributed by atoms with Gasteiger partial charge in [-0.3, -0.25) is 0 Å². The Hall–Kier alpha value is -1.68. The van der Waals surface area contributed by atoms with E-state index in [1.807, 2.05) is 0 Å². The van der Waals surface area contributed by atoms with Crippen LogP contribution in [0.15, 0.2) is 30.3 Å². The van der Waals surface area contributed by atoms with Gasteiger partial charge in [-0.05, 0) is 24.3 Å². The Kier molecular flexibility index (Phi) is 2.45. The SMILES string of the molecule is NC1CCc2nnc(C3CC3c3ccccc3)n2C1. The molecule has 1 aromatic carbocycles. The van der Waals surface area contributed by atoms with Crippen molar-refractivity contribution in [3.63, 3.8) is 0 Å². The highest BCUT2D eigenvalue weighted by molar-refractivity contribution is 5.31. The number of rotatable bonds is 2. The highest BCUT2D eigenvalue weighted by Crippen LogP contribution is 2.54. The molecule has 2 N–H and O–H groups in total. The maximum absolute atomic E-state index is 6.07. The van der Waals surface area contributed by atoms with Crippen molar-refractivity contribution >= 4 is 0 Å². The van der Waals surface area contributed by atoms with Crippen LogP contribution in [0.25, 0.3) is 0 Å². The molecule has 0 bridgehead atoms. The van der Waals surface area contributed by atoms with Crippen molar-refractivity contribution in [2.45, 2.75) is 43.7 Å². The maximum Gasteiger partial charge on any atom is 0.136 e. The Bertz CT molecular complexity index is 589. The zero-order valence-corrected chi connectivity index (χ0v) is 10.9. The summed E-state index contributed by atoms with van der Waals surface area (Å²) >= 11 is 0. The molecule has 4 heteroatoms. The molecule has 2 aromatic rings. The number of fused-ring (bicyclic) bond motifs is 1. The second-order valence-corrected chi connectivity index (χ2v) is 5.74. The fourth-order valence-electron chi connectivity index (χ4n) is 3.20. The van der Waals surface area contributed by atoms with Gasteiger partial charge in [-0.2, -0.15) is 0 Å². The van der Waals surface area contributed by atoms with Gasteiger partial charge in [0.05, 0.1) is 0 Å². The lowest BCUT2D eigenvalue weighted by molar-refractivity contribution is 0.443. The van der Waals surface area contributed by atoms with E-state index in [2.05, 4.69) is 45.1 Å². The molecule has 4 nitrogen and oxygen atoms in total. The average molecular weight is 254 g/mol. The summed E-state index contributed by atoms with van der Waals surface area (Å²) in [5.41, 5.74) is 7.49. The van der Waals surface area contributed by atoms with Crippen molar-refractivity contribution in [3.05, 3.63) is 47.5 Å². The molecule has 19 heavy (non-hydrogen) atoms. The zero-order chi connectivity index (χ0) is 12.8. The standard InChI is InChI=1S/C15H18N4/c16-11-6-7-14-17-18-15(19(14)9-11)13-8-12(13)10-4-2-1-3-5-10/h1-5,11-13H,6-9,16H2. The van der Waals surface area contributed by atoms with Gasteiger partial charge in [0.2, 0.25) is 0 Å². The molecule has 2 heterocycles. The molecule has 0 spiro atoms. The van der Waals surface area contributed by atoms with Crippen LogP contribution in [0.2, 0.25) is 0 Å². The molecular weight excluding hydrogens is 236 g/mol. The number of aromatic nitrogens is 3. The number of nitrogens with two attached hydrogens (primary N) is 1. The number of hydrogen-bond donors (Lipinski definition) is 1. The molecule has 3 unspecified atom stereocenters. The fraction of sp³-hybridized carbons (Fsp3) is 0.467. The third-order valence-corrected chi connectivity index (χ3v) is 4.36. The Labute approximate surface area is 112 Å². The predicted octanol–water partition coefficient (Wildman–Crippen LogP) is 1.82. The minimum Gasteiger partial charge on any atom is -0.326 e. The maximum atomic E-state index is 6.07. The van der Waals surface area contributed by atoms with Crippen LogP contribution >= 0.6 is 0 Å². The van der Waals surface area contributed by atoms with Crippen molar-refractivity contribution in [1.82, 2.24) is 14.8 Å². The van der Waals surface area contributed by atoms with Crippen molar-refractivity contribution in [1.29, 1.82) is 0 Å². The summed E-state index contributed by atoms with van der Waals surface area (Å²) < 4.78 is 2.27. The largest absolute Gasteiger partial charge is 0.326 e. The quantitative estimate of drug-likeness (QED) is 0.889. The zero-order valence-electron chi connectivity index (χ0n) is 10.9. The Balaban J connectivity index is 1.61. The van der Waals surface area contributed by atoms with Gasteiger partial charge in [0.15, 0.2) is 0 Å². The van der Waals surface area contributed by atoms with Gasteiger partial charge in [-0.1, -0.05) is 30.3 Å². The summed E-state index contributed by atoms with van der Waals surface area (Å²) in [6, 6.07) is 11.0. The number of aryl methyl sites for hydroxylation is 1. The van der Waals surface area contributed by atoms with Gasteiger partial charge in [0.25, 0.3) is 0 Å². The second kappa shape index (κ2) is 4.17. The highest BCUT2D eigenvalue weighted by atomic mass is 15.3. The lowest BCUT2D eigenvalue weighted by atomic mass is 10.1. The van der Waals surface area contributed by atoms with E-state index < -0.39 is 0 Å². The number of hydrogen-bond acceptors (Lipinski definition) is 3. The summed E-state index contributed by atoms with van der Waals surface area (Å²) in [5, 5.41) is 8.77. The molecule has 1 aromatic heterocycles. The first kappa shape index (κ1) is 11.2. The fourth-order valence-corrected chi connectivity index (χ4v) is 3.20. The van der Waals surface area contributed by atoms with Gasteiger partial charge in [-0.15, -0.1) is 10.2 Å². The third kappa shape index (κ3) is 1.87. The lowest BCUT2D eigenvalue weighted by Gasteiger charge is -2.20. The van der Waals surface area contributed by atoms with E-state index in [1.165, 1.54) is 12.0 Å². The van der Waals surface area contributed by atoms with E-state index in [-0.39, 0.29) is 6.04 Å². The third-order valence-electron chi connectivity index (χ3n) is 4.36. The summed E-state index contributed by atoms with van der Waals surface area (Å²) in [4.78, 5) is 0. The molecule has 1 fully saturated rings. The Morgan fingerprint density at radius 2 is 1.95 bits per heavy atom. The van der Waals surface area contributed by atoms with E-state index in [1.54, 1.807) is 0 Å². The molecule has 3 atom stereocenters. The average Bonchev–Trinajstić information content (AvgIpc) is 3.13. The number of nitrogens with zero attached hydrogens (tertiary/aromatic N) is 3. The normalized spacial score (nSPS) is 29.0. The van der Waals surface area contributed by atoms with Crippen LogP contribution in [-0.4, -0.2) is 20.8 Å². The predicted molar refractivity (Wildman–Crippen MR) is 72.9 cm³/mol. The van der Waals surface area contributed by atoms with Crippen LogP contribution in [-0.2, 0) is 13.0 Å². The van der Waals surface area contributed by atoms with Crippen LogP contribution in [0.4, 0.5) is 0 Å². The van der Waals surface area contributed by atoms with Crippen LogP contribution < -0.4 is 5.73 Å². The molecular formula is C15H18N4. The molecule has 0 amide bonds.